The summed E-state index contributed by atoms with van der Waals surface area (Å²) in [7, 11) is -2.93. The molecule has 0 atom stereocenters. The average molecular weight is 230 g/mol. The van der Waals surface area contributed by atoms with Crippen LogP contribution < -0.4 is 0 Å². The highest BCUT2D eigenvalue weighted by Crippen LogP contribution is 2.37. The summed E-state index contributed by atoms with van der Waals surface area (Å²) in [5, 5.41) is 9.28. The Bertz CT molecular complexity index is 232. The van der Waals surface area contributed by atoms with Gasteiger partial charge in [0, 0.05) is 21.7 Å². The minimum absolute atomic E-state index is 0.257. The lowest BCUT2D eigenvalue weighted by molar-refractivity contribution is -0.132. The van der Waals surface area contributed by atoms with Crippen LogP contribution in [0.15, 0.2) is 12.2 Å². The zero-order valence-electron chi connectivity index (χ0n) is 10.1. The third-order valence-electron chi connectivity index (χ3n) is 2.36. The second kappa shape index (κ2) is 4.02. The second-order valence-electron chi connectivity index (χ2n) is 6.00. The molecular weight excluding hydrogens is 208 g/mol. The summed E-state index contributed by atoms with van der Waals surface area (Å²) in [6.07, 6.45) is 0. The van der Waals surface area contributed by atoms with Crippen molar-refractivity contribution in [2.45, 2.75) is 44.4 Å². The van der Waals surface area contributed by atoms with Gasteiger partial charge in [0.1, 0.15) is 0 Å². The molecule has 0 spiro atoms. The van der Waals surface area contributed by atoms with Crippen molar-refractivity contribution < 1.29 is 9.90 Å². The predicted octanol–water partition coefficient (Wildman–Crippen LogP) is 3.21. The molecule has 0 aliphatic rings. The van der Waals surface area contributed by atoms with Crippen molar-refractivity contribution >= 4 is 22.1 Å². The molecule has 0 radical (unpaired) electrons. The Labute approximate surface area is 89.1 Å². The molecule has 2 nitrogen and oxygen atoms in total. The van der Waals surface area contributed by atoms with Crippen molar-refractivity contribution in [2.75, 3.05) is 0 Å². The van der Waals surface area contributed by atoms with Crippen LogP contribution >= 0.6 is 0 Å². The predicted molar refractivity (Wildman–Crippen MR) is 67.2 cm³/mol. The van der Waals surface area contributed by atoms with E-state index in [0.29, 0.717) is 5.57 Å². The van der Waals surface area contributed by atoms with Gasteiger partial charge in [-0.3, -0.25) is 0 Å². The van der Waals surface area contributed by atoms with Crippen molar-refractivity contribution in [3.05, 3.63) is 12.2 Å². The number of carboxylic acid groups (broad SMARTS) is 1. The van der Waals surface area contributed by atoms with Gasteiger partial charge in [-0.2, -0.15) is 0 Å². The molecule has 0 aromatic heterocycles. The fourth-order valence-electron chi connectivity index (χ4n) is 2.47. The van der Waals surface area contributed by atoms with E-state index in [-0.39, 0.29) is 5.16 Å². The van der Waals surface area contributed by atoms with Crippen LogP contribution in [-0.4, -0.2) is 27.2 Å². The molecule has 0 amide bonds. The first-order valence-corrected chi connectivity index (χ1v) is 12.1. The lowest BCUT2D eigenvalue weighted by atomic mass is 10.3. The number of carboxylic acids is 1. The van der Waals surface area contributed by atoms with Gasteiger partial charge in [-0.1, -0.05) is 45.9 Å². The van der Waals surface area contributed by atoms with E-state index >= 15 is 0 Å². The zero-order valence-corrected chi connectivity index (χ0v) is 12.1. The third-order valence-corrected chi connectivity index (χ3v) is 11.7. The van der Waals surface area contributed by atoms with E-state index in [0.717, 1.165) is 0 Å². The van der Waals surface area contributed by atoms with E-state index < -0.39 is 22.1 Å². The lowest BCUT2D eigenvalue weighted by Crippen LogP contribution is -2.45. The van der Waals surface area contributed by atoms with Crippen molar-refractivity contribution in [1.82, 2.24) is 0 Å². The summed E-state index contributed by atoms with van der Waals surface area (Å²) in [5.74, 6) is -0.820. The fourth-order valence-corrected chi connectivity index (χ4v) is 15.2. The van der Waals surface area contributed by atoms with E-state index in [9.17, 15) is 4.79 Å². The van der Waals surface area contributed by atoms with Crippen LogP contribution in [0.4, 0.5) is 0 Å². The summed E-state index contributed by atoms with van der Waals surface area (Å²) in [6.45, 7) is 17.1. The standard InChI is InChI=1S/C10H22O2Si2/c1-8(9(11)12)10(13(2,3)4)14(5,6)7/h10H,1H2,2-7H3,(H,11,12). The molecule has 0 fully saturated rings. The molecule has 0 aromatic rings. The van der Waals surface area contributed by atoms with Crippen LogP contribution in [0.5, 0.6) is 0 Å². The smallest absolute Gasteiger partial charge is 0.330 e. The summed E-state index contributed by atoms with van der Waals surface area (Å²) >= 11 is 0. The Morgan fingerprint density at radius 1 is 1.07 bits per heavy atom. The number of aliphatic carboxylic acids is 1. The SMILES string of the molecule is C=C(C(=O)O)C([Si](C)(C)C)[Si](C)(C)C. The average Bonchev–Trinajstić information content (AvgIpc) is 1.79. The quantitative estimate of drug-likeness (QED) is 0.595. The Morgan fingerprint density at radius 2 is 1.36 bits per heavy atom. The highest BCUT2D eigenvalue weighted by atomic mass is 28.4. The number of carbonyl (C=O) groups is 1. The minimum atomic E-state index is -1.47. The first kappa shape index (κ1) is 13.6. The maximum atomic E-state index is 11.0. The maximum absolute atomic E-state index is 11.0. The molecule has 4 heteroatoms. The van der Waals surface area contributed by atoms with Crippen LogP contribution in [0.3, 0.4) is 0 Å². The normalized spacial score (nSPS) is 13.1. The Hall–Kier alpha value is -0.356. The van der Waals surface area contributed by atoms with E-state index in [1.807, 2.05) is 0 Å². The Balaban J connectivity index is 5.15. The third kappa shape index (κ3) is 3.42. The van der Waals surface area contributed by atoms with Crippen molar-refractivity contribution in [3.8, 4) is 0 Å². The molecule has 14 heavy (non-hydrogen) atoms. The molecule has 0 heterocycles. The maximum Gasteiger partial charge on any atom is 0.330 e. The molecule has 1 N–H and O–H groups in total. The molecule has 0 aliphatic carbocycles. The highest BCUT2D eigenvalue weighted by molar-refractivity contribution is 6.97. The largest absolute Gasteiger partial charge is 0.478 e. The van der Waals surface area contributed by atoms with Gasteiger partial charge in [0.05, 0.1) is 0 Å². The molecule has 0 aliphatic heterocycles. The molecular formula is C10H22O2Si2. The van der Waals surface area contributed by atoms with Gasteiger partial charge in [0.2, 0.25) is 0 Å². The number of rotatable bonds is 4. The zero-order chi connectivity index (χ0) is 11.7. The van der Waals surface area contributed by atoms with Gasteiger partial charge in [-0.05, 0) is 5.16 Å². The van der Waals surface area contributed by atoms with Crippen molar-refractivity contribution in [1.29, 1.82) is 0 Å². The minimum Gasteiger partial charge on any atom is -0.478 e. The first-order valence-electron chi connectivity index (χ1n) is 4.90. The van der Waals surface area contributed by atoms with E-state index in [1.54, 1.807) is 0 Å². The Morgan fingerprint density at radius 3 is 1.43 bits per heavy atom. The molecule has 82 valence electrons. The van der Waals surface area contributed by atoms with Crippen LogP contribution in [0, 0.1) is 0 Å². The molecule has 0 bridgehead atoms. The van der Waals surface area contributed by atoms with Gasteiger partial charge in [-0.25, -0.2) is 4.79 Å². The summed E-state index contributed by atoms with van der Waals surface area (Å²) < 4.78 is 0. The first-order chi connectivity index (χ1) is 5.98. The lowest BCUT2D eigenvalue weighted by Gasteiger charge is -2.38. The van der Waals surface area contributed by atoms with Crippen LogP contribution in [0.1, 0.15) is 0 Å². The van der Waals surface area contributed by atoms with E-state index in [2.05, 4.69) is 45.9 Å². The fraction of sp³-hybridized carbons (Fsp3) is 0.700. The van der Waals surface area contributed by atoms with Crippen molar-refractivity contribution in [3.63, 3.8) is 0 Å². The summed E-state index contributed by atoms with van der Waals surface area (Å²) in [4.78, 5) is 11.0. The molecule has 0 aromatic carbocycles. The molecule has 0 saturated heterocycles. The van der Waals surface area contributed by atoms with Crippen LogP contribution in [0.25, 0.3) is 0 Å². The van der Waals surface area contributed by atoms with Gasteiger partial charge in [0.15, 0.2) is 0 Å². The monoisotopic (exact) mass is 230 g/mol. The summed E-state index contributed by atoms with van der Waals surface area (Å²) in [6, 6.07) is 0. The van der Waals surface area contributed by atoms with Crippen LogP contribution in [0.2, 0.25) is 44.4 Å². The number of hydrogen-bond donors (Lipinski definition) is 1. The van der Waals surface area contributed by atoms with Gasteiger partial charge in [0.25, 0.3) is 0 Å². The topological polar surface area (TPSA) is 37.3 Å². The molecule has 0 saturated carbocycles. The highest BCUT2D eigenvalue weighted by Gasteiger charge is 2.41. The van der Waals surface area contributed by atoms with Crippen LogP contribution in [-0.2, 0) is 4.79 Å². The number of hydrogen-bond acceptors (Lipinski definition) is 1. The van der Waals surface area contributed by atoms with Crippen molar-refractivity contribution in [2.24, 2.45) is 0 Å². The summed E-state index contributed by atoms with van der Waals surface area (Å²) in [5.41, 5.74) is 0.434. The molecule has 0 rings (SSSR count). The molecule has 0 unspecified atom stereocenters. The van der Waals surface area contributed by atoms with Gasteiger partial charge in [-0.15, -0.1) is 0 Å². The van der Waals surface area contributed by atoms with E-state index in [1.165, 1.54) is 0 Å². The Kier molecular flexibility index (Phi) is 3.92. The van der Waals surface area contributed by atoms with E-state index in [4.69, 9.17) is 5.11 Å². The second-order valence-corrected chi connectivity index (χ2v) is 17.2. The van der Waals surface area contributed by atoms with Gasteiger partial charge < -0.3 is 5.11 Å². The van der Waals surface area contributed by atoms with Gasteiger partial charge >= 0.3 is 5.97 Å².